The van der Waals surface area contributed by atoms with E-state index in [0.29, 0.717) is 11.9 Å². The van der Waals surface area contributed by atoms with Crippen LogP contribution in [0.2, 0.25) is 5.02 Å². The largest absolute Gasteiger partial charge is 0.371 e. The standard InChI is InChI=1S/C15H22Cl2N2/c1-3-19-8-6-14(7-9-19)18(2)15-10-13(17)5-4-12(15)11-16/h4-5,10,14H,3,6-9,11H2,1-2H3. The van der Waals surface area contributed by atoms with Gasteiger partial charge in [0.25, 0.3) is 0 Å². The average Bonchev–Trinajstić information content (AvgIpc) is 2.46. The molecule has 0 unspecified atom stereocenters. The molecule has 4 heteroatoms. The number of alkyl halides is 1. The molecule has 1 aromatic rings. The third-order valence-electron chi connectivity index (χ3n) is 4.12. The molecule has 2 nitrogen and oxygen atoms in total. The molecular formula is C15H22Cl2N2. The molecule has 1 fully saturated rings. The summed E-state index contributed by atoms with van der Waals surface area (Å²) in [5.41, 5.74) is 2.34. The molecule has 0 N–H and O–H groups in total. The lowest BCUT2D eigenvalue weighted by Gasteiger charge is -2.38. The van der Waals surface area contributed by atoms with Crippen LogP contribution >= 0.6 is 23.2 Å². The number of anilines is 1. The zero-order valence-corrected chi connectivity index (χ0v) is 13.2. The minimum atomic E-state index is 0.532. The molecule has 0 bridgehead atoms. The van der Waals surface area contributed by atoms with Gasteiger partial charge in [0, 0.05) is 42.8 Å². The summed E-state index contributed by atoms with van der Waals surface area (Å²) >= 11 is 12.2. The third kappa shape index (κ3) is 3.56. The number of halogens is 2. The lowest BCUT2D eigenvalue weighted by atomic mass is 10.0. The Morgan fingerprint density at radius 3 is 2.58 bits per heavy atom. The maximum atomic E-state index is 6.12. The number of likely N-dealkylation sites (tertiary alicyclic amines) is 1. The second-order valence-corrected chi connectivity index (χ2v) is 5.89. The number of piperidine rings is 1. The number of rotatable bonds is 4. The quantitative estimate of drug-likeness (QED) is 0.776. The predicted molar refractivity (Wildman–Crippen MR) is 84.5 cm³/mol. The highest BCUT2D eigenvalue weighted by Gasteiger charge is 2.23. The molecule has 0 atom stereocenters. The molecule has 1 saturated heterocycles. The van der Waals surface area contributed by atoms with Crippen molar-refractivity contribution in [2.45, 2.75) is 31.7 Å². The second-order valence-electron chi connectivity index (χ2n) is 5.18. The Labute approximate surface area is 126 Å². The van der Waals surface area contributed by atoms with Crippen LogP contribution in [-0.4, -0.2) is 37.6 Å². The molecule has 2 rings (SSSR count). The van der Waals surface area contributed by atoms with Crippen molar-refractivity contribution < 1.29 is 0 Å². The Bertz CT molecular complexity index is 415. The number of hydrogen-bond acceptors (Lipinski definition) is 2. The van der Waals surface area contributed by atoms with Crippen LogP contribution in [0.25, 0.3) is 0 Å². The predicted octanol–water partition coefficient (Wildman–Crippen LogP) is 4.00. The van der Waals surface area contributed by atoms with Gasteiger partial charge in [-0.05, 0) is 37.1 Å². The van der Waals surface area contributed by atoms with Gasteiger partial charge < -0.3 is 9.80 Å². The highest BCUT2D eigenvalue weighted by atomic mass is 35.5. The van der Waals surface area contributed by atoms with Crippen molar-refractivity contribution in [1.29, 1.82) is 0 Å². The van der Waals surface area contributed by atoms with E-state index in [9.17, 15) is 0 Å². The van der Waals surface area contributed by atoms with Crippen molar-refractivity contribution in [2.24, 2.45) is 0 Å². The number of nitrogens with zero attached hydrogens (tertiary/aromatic N) is 2. The second kappa shape index (κ2) is 6.83. The Morgan fingerprint density at radius 1 is 1.32 bits per heavy atom. The van der Waals surface area contributed by atoms with E-state index in [-0.39, 0.29) is 0 Å². The molecule has 0 spiro atoms. The van der Waals surface area contributed by atoms with Crippen LogP contribution in [0.15, 0.2) is 18.2 Å². The van der Waals surface area contributed by atoms with Crippen LogP contribution < -0.4 is 4.90 Å². The third-order valence-corrected chi connectivity index (χ3v) is 4.65. The van der Waals surface area contributed by atoms with Gasteiger partial charge in [0.05, 0.1) is 0 Å². The fourth-order valence-corrected chi connectivity index (χ4v) is 3.19. The summed E-state index contributed by atoms with van der Waals surface area (Å²) in [4.78, 5) is 4.86. The smallest absolute Gasteiger partial charge is 0.0494 e. The van der Waals surface area contributed by atoms with Gasteiger partial charge in [-0.1, -0.05) is 24.6 Å². The topological polar surface area (TPSA) is 6.48 Å². The van der Waals surface area contributed by atoms with Crippen LogP contribution in [0, 0.1) is 0 Å². The van der Waals surface area contributed by atoms with Crippen LogP contribution in [0.3, 0.4) is 0 Å². The molecular weight excluding hydrogens is 279 g/mol. The molecule has 0 aliphatic carbocycles. The molecule has 1 aromatic carbocycles. The lowest BCUT2D eigenvalue weighted by Crippen LogP contribution is -2.43. The molecule has 1 aliphatic rings. The molecule has 0 aromatic heterocycles. The first kappa shape index (κ1) is 15.0. The van der Waals surface area contributed by atoms with Crippen molar-refractivity contribution in [3.05, 3.63) is 28.8 Å². The van der Waals surface area contributed by atoms with E-state index in [1.807, 2.05) is 18.2 Å². The van der Waals surface area contributed by atoms with Gasteiger partial charge in [0.15, 0.2) is 0 Å². The first-order valence-corrected chi connectivity index (χ1v) is 7.86. The molecule has 0 saturated carbocycles. The highest BCUT2D eigenvalue weighted by Crippen LogP contribution is 2.29. The SMILES string of the molecule is CCN1CCC(N(C)c2cc(Cl)ccc2CCl)CC1. The maximum Gasteiger partial charge on any atom is 0.0494 e. The summed E-state index contributed by atoms with van der Waals surface area (Å²) in [6, 6.07) is 6.56. The first-order chi connectivity index (χ1) is 9.15. The Kier molecular flexibility index (Phi) is 5.37. The summed E-state index contributed by atoms with van der Waals surface area (Å²) in [5.74, 6) is 0.532. The molecule has 106 valence electrons. The average molecular weight is 301 g/mol. The minimum Gasteiger partial charge on any atom is -0.371 e. The van der Waals surface area contributed by atoms with Crippen molar-refractivity contribution in [1.82, 2.24) is 4.90 Å². The fourth-order valence-electron chi connectivity index (χ4n) is 2.80. The summed E-state index contributed by atoms with van der Waals surface area (Å²) in [6.45, 7) is 5.75. The lowest BCUT2D eigenvalue weighted by molar-refractivity contribution is 0.221. The zero-order valence-electron chi connectivity index (χ0n) is 11.7. The van der Waals surface area contributed by atoms with E-state index in [1.165, 1.54) is 31.6 Å². The summed E-state index contributed by atoms with van der Waals surface area (Å²) < 4.78 is 0. The van der Waals surface area contributed by atoms with Crippen molar-refractivity contribution >= 4 is 28.9 Å². The summed E-state index contributed by atoms with van der Waals surface area (Å²) in [6.07, 6.45) is 2.41. The van der Waals surface area contributed by atoms with Crippen LogP contribution in [-0.2, 0) is 5.88 Å². The molecule has 1 aliphatic heterocycles. The van der Waals surface area contributed by atoms with E-state index in [1.54, 1.807) is 0 Å². The van der Waals surface area contributed by atoms with Crippen molar-refractivity contribution in [3.8, 4) is 0 Å². The molecule has 19 heavy (non-hydrogen) atoms. The van der Waals surface area contributed by atoms with Gasteiger partial charge in [-0.2, -0.15) is 0 Å². The number of benzene rings is 1. The van der Waals surface area contributed by atoms with Crippen LogP contribution in [0.5, 0.6) is 0 Å². The molecule has 1 heterocycles. The van der Waals surface area contributed by atoms with Crippen LogP contribution in [0.4, 0.5) is 5.69 Å². The van der Waals surface area contributed by atoms with Gasteiger partial charge in [0.2, 0.25) is 0 Å². The zero-order chi connectivity index (χ0) is 13.8. The highest BCUT2D eigenvalue weighted by molar-refractivity contribution is 6.31. The van der Waals surface area contributed by atoms with Crippen molar-refractivity contribution in [2.75, 3.05) is 31.6 Å². The van der Waals surface area contributed by atoms with Crippen molar-refractivity contribution in [3.63, 3.8) is 0 Å². The van der Waals surface area contributed by atoms with Crippen LogP contribution in [0.1, 0.15) is 25.3 Å². The maximum absolute atomic E-state index is 6.12. The number of hydrogen-bond donors (Lipinski definition) is 0. The van der Waals surface area contributed by atoms with E-state index in [4.69, 9.17) is 23.2 Å². The Morgan fingerprint density at radius 2 is 2.00 bits per heavy atom. The summed E-state index contributed by atoms with van der Waals surface area (Å²) in [5, 5.41) is 0.779. The monoisotopic (exact) mass is 300 g/mol. The van der Waals surface area contributed by atoms with Gasteiger partial charge in [-0.25, -0.2) is 0 Å². The molecule has 0 radical (unpaired) electrons. The van der Waals surface area contributed by atoms with Gasteiger partial charge in [-0.15, -0.1) is 11.6 Å². The molecule has 0 amide bonds. The van der Waals surface area contributed by atoms with Gasteiger partial charge in [-0.3, -0.25) is 0 Å². The normalized spacial score (nSPS) is 17.7. The van der Waals surface area contributed by atoms with E-state index in [0.717, 1.165) is 17.1 Å². The Hall–Kier alpha value is -0.440. The fraction of sp³-hybridized carbons (Fsp3) is 0.600. The van der Waals surface area contributed by atoms with Gasteiger partial charge >= 0.3 is 0 Å². The minimum absolute atomic E-state index is 0.532. The van der Waals surface area contributed by atoms with E-state index < -0.39 is 0 Å². The first-order valence-electron chi connectivity index (χ1n) is 6.95. The van der Waals surface area contributed by atoms with Gasteiger partial charge in [0.1, 0.15) is 0 Å². The van der Waals surface area contributed by atoms with E-state index >= 15 is 0 Å². The summed E-state index contributed by atoms with van der Waals surface area (Å²) in [7, 11) is 2.16. The Balaban J connectivity index is 2.11. The van der Waals surface area contributed by atoms with E-state index in [2.05, 4.69) is 23.8 Å².